The normalized spacial score (nSPS) is 18.7. The highest BCUT2D eigenvalue weighted by Gasteiger charge is 2.31. The Hall–Kier alpha value is -0.0800. The second-order valence-electron chi connectivity index (χ2n) is 7.47. The average Bonchev–Trinajstić information content (AvgIpc) is 2.99. The number of hydrogen-bond donors (Lipinski definition) is 1. The van der Waals surface area contributed by atoms with Gasteiger partial charge in [-0.1, -0.05) is 13.8 Å². The van der Waals surface area contributed by atoms with Crippen LogP contribution in [0.3, 0.4) is 0 Å². The lowest BCUT2D eigenvalue weighted by Gasteiger charge is -2.31. The van der Waals surface area contributed by atoms with Gasteiger partial charge in [0.1, 0.15) is 0 Å². The lowest BCUT2D eigenvalue weighted by atomic mass is 10.1. The van der Waals surface area contributed by atoms with Gasteiger partial charge in [-0.15, -0.1) is 0 Å². The molecule has 2 heteroatoms. The van der Waals surface area contributed by atoms with Crippen molar-refractivity contribution in [2.75, 3.05) is 13.1 Å². The van der Waals surface area contributed by atoms with Gasteiger partial charge in [0.15, 0.2) is 0 Å². The molecule has 1 aliphatic rings. The van der Waals surface area contributed by atoms with Crippen LogP contribution >= 0.6 is 0 Å². The Bertz CT molecular complexity index is 226. The second kappa shape index (κ2) is 6.91. The SMILES string of the molecule is CC(C)CCN(C(C)CCNC(C)(C)C)C1CC1. The predicted molar refractivity (Wildman–Crippen MR) is 81.0 cm³/mol. The Kier molecular flexibility index (Phi) is 6.13. The van der Waals surface area contributed by atoms with Crippen LogP contribution in [0.2, 0.25) is 0 Å². The van der Waals surface area contributed by atoms with E-state index in [1.807, 2.05) is 0 Å². The van der Waals surface area contributed by atoms with E-state index >= 15 is 0 Å². The van der Waals surface area contributed by atoms with Gasteiger partial charge >= 0.3 is 0 Å². The molecular formula is C16H34N2. The lowest BCUT2D eigenvalue weighted by Crippen LogP contribution is -2.41. The standard InChI is InChI=1S/C16H34N2/c1-13(2)10-12-18(15-7-8-15)14(3)9-11-17-16(4,5)6/h13-15,17H,7-12H2,1-6H3. The Morgan fingerprint density at radius 2 is 1.72 bits per heavy atom. The topological polar surface area (TPSA) is 15.3 Å². The van der Waals surface area contributed by atoms with E-state index in [9.17, 15) is 0 Å². The zero-order valence-corrected chi connectivity index (χ0v) is 13.4. The van der Waals surface area contributed by atoms with Crippen LogP contribution in [0.4, 0.5) is 0 Å². The number of nitrogens with one attached hydrogen (secondary N) is 1. The molecule has 0 aromatic carbocycles. The summed E-state index contributed by atoms with van der Waals surface area (Å²) in [5, 5.41) is 3.61. The van der Waals surface area contributed by atoms with Crippen LogP contribution in [0, 0.1) is 5.92 Å². The van der Waals surface area contributed by atoms with Crippen LogP contribution in [0.5, 0.6) is 0 Å². The molecular weight excluding hydrogens is 220 g/mol. The molecule has 0 aliphatic heterocycles. The van der Waals surface area contributed by atoms with Crippen LogP contribution in [-0.4, -0.2) is 35.6 Å². The smallest absolute Gasteiger partial charge is 0.00992 e. The molecule has 0 aromatic heterocycles. The van der Waals surface area contributed by atoms with E-state index in [0.717, 1.165) is 24.5 Å². The van der Waals surface area contributed by atoms with Crippen LogP contribution in [0.1, 0.15) is 67.2 Å². The quantitative estimate of drug-likeness (QED) is 0.711. The van der Waals surface area contributed by atoms with Crippen molar-refractivity contribution >= 4 is 0 Å². The minimum Gasteiger partial charge on any atom is -0.312 e. The third-order valence-electron chi connectivity index (χ3n) is 3.76. The van der Waals surface area contributed by atoms with Crippen LogP contribution in [-0.2, 0) is 0 Å². The van der Waals surface area contributed by atoms with Crippen LogP contribution in [0.15, 0.2) is 0 Å². The molecule has 1 unspecified atom stereocenters. The van der Waals surface area contributed by atoms with E-state index in [4.69, 9.17) is 0 Å². The summed E-state index contributed by atoms with van der Waals surface area (Å²) >= 11 is 0. The zero-order valence-electron chi connectivity index (χ0n) is 13.4. The molecule has 1 N–H and O–H groups in total. The van der Waals surface area contributed by atoms with Crippen LogP contribution < -0.4 is 5.32 Å². The van der Waals surface area contributed by atoms with Crippen LogP contribution in [0.25, 0.3) is 0 Å². The molecule has 0 aromatic rings. The molecule has 0 radical (unpaired) electrons. The summed E-state index contributed by atoms with van der Waals surface area (Å²) in [5.41, 5.74) is 0.252. The predicted octanol–water partition coefficient (Wildman–Crippen LogP) is 3.66. The summed E-state index contributed by atoms with van der Waals surface area (Å²) in [5.74, 6) is 0.825. The maximum absolute atomic E-state index is 3.61. The van der Waals surface area contributed by atoms with Crippen molar-refractivity contribution in [2.24, 2.45) is 5.92 Å². The van der Waals surface area contributed by atoms with Crippen molar-refractivity contribution in [2.45, 2.75) is 84.8 Å². The number of nitrogens with zero attached hydrogens (tertiary/aromatic N) is 1. The molecule has 108 valence electrons. The van der Waals surface area contributed by atoms with E-state index in [1.54, 1.807) is 0 Å². The molecule has 0 amide bonds. The van der Waals surface area contributed by atoms with E-state index in [0.29, 0.717) is 0 Å². The molecule has 1 aliphatic carbocycles. The van der Waals surface area contributed by atoms with Crippen molar-refractivity contribution in [3.63, 3.8) is 0 Å². The first-order chi connectivity index (χ1) is 8.29. The van der Waals surface area contributed by atoms with Gasteiger partial charge < -0.3 is 5.32 Å². The molecule has 18 heavy (non-hydrogen) atoms. The number of rotatable bonds is 8. The van der Waals surface area contributed by atoms with E-state index in [1.165, 1.54) is 32.2 Å². The van der Waals surface area contributed by atoms with E-state index in [2.05, 4.69) is 51.8 Å². The highest BCUT2D eigenvalue weighted by atomic mass is 15.2. The zero-order chi connectivity index (χ0) is 13.8. The molecule has 0 bridgehead atoms. The summed E-state index contributed by atoms with van der Waals surface area (Å²) in [6, 6.07) is 1.62. The van der Waals surface area contributed by atoms with Crippen molar-refractivity contribution < 1.29 is 0 Å². The summed E-state index contributed by atoms with van der Waals surface area (Å²) in [6.07, 6.45) is 5.46. The van der Waals surface area contributed by atoms with Crippen molar-refractivity contribution in [1.29, 1.82) is 0 Å². The minimum absolute atomic E-state index is 0.252. The summed E-state index contributed by atoms with van der Waals surface area (Å²) in [6.45, 7) is 16.2. The third-order valence-corrected chi connectivity index (χ3v) is 3.76. The fourth-order valence-corrected chi connectivity index (χ4v) is 2.40. The first-order valence-corrected chi connectivity index (χ1v) is 7.80. The van der Waals surface area contributed by atoms with Crippen molar-refractivity contribution in [3.05, 3.63) is 0 Å². The van der Waals surface area contributed by atoms with Gasteiger partial charge in [0.25, 0.3) is 0 Å². The number of hydrogen-bond acceptors (Lipinski definition) is 2. The highest BCUT2D eigenvalue weighted by Crippen LogP contribution is 2.29. The fourth-order valence-electron chi connectivity index (χ4n) is 2.40. The van der Waals surface area contributed by atoms with Gasteiger partial charge in [-0.3, -0.25) is 4.90 Å². The van der Waals surface area contributed by atoms with Gasteiger partial charge in [-0.25, -0.2) is 0 Å². The summed E-state index contributed by atoms with van der Waals surface area (Å²) in [4.78, 5) is 2.75. The largest absolute Gasteiger partial charge is 0.312 e. The first kappa shape index (κ1) is 16.0. The van der Waals surface area contributed by atoms with Gasteiger partial charge in [-0.05, 0) is 72.4 Å². The Balaban J connectivity index is 2.28. The van der Waals surface area contributed by atoms with Gasteiger partial charge in [0.2, 0.25) is 0 Å². The van der Waals surface area contributed by atoms with Gasteiger partial charge in [-0.2, -0.15) is 0 Å². The average molecular weight is 254 g/mol. The molecule has 1 fully saturated rings. The monoisotopic (exact) mass is 254 g/mol. The molecule has 0 heterocycles. The molecule has 2 nitrogen and oxygen atoms in total. The molecule has 1 rings (SSSR count). The van der Waals surface area contributed by atoms with Gasteiger partial charge in [0.05, 0.1) is 0 Å². The van der Waals surface area contributed by atoms with E-state index < -0.39 is 0 Å². The first-order valence-electron chi connectivity index (χ1n) is 7.80. The summed E-state index contributed by atoms with van der Waals surface area (Å²) < 4.78 is 0. The maximum Gasteiger partial charge on any atom is 0.00992 e. The lowest BCUT2D eigenvalue weighted by molar-refractivity contribution is 0.176. The van der Waals surface area contributed by atoms with Crippen molar-refractivity contribution in [3.8, 4) is 0 Å². The molecule has 1 saturated carbocycles. The molecule has 0 saturated heterocycles. The molecule has 0 spiro atoms. The Morgan fingerprint density at radius 1 is 1.11 bits per heavy atom. The minimum atomic E-state index is 0.252. The Labute approximate surface area is 115 Å². The second-order valence-corrected chi connectivity index (χ2v) is 7.47. The Morgan fingerprint density at radius 3 is 2.17 bits per heavy atom. The third kappa shape index (κ3) is 6.75. The summed E-state index contributed by atoms with van der Waals surface area (Å²) in [7, 11) is 0. The maximum atomic E-state index is 3.61. The van der Waals surface area contributed by atoms with E-state index in [-0.39, 0.29) is 5.54 Å². The van der Waals surface area contributed by atoms with Crippen molar-refractivity contribution in [1.82, 2.24) is 10.2 Å². The highest BCUT2D eigenvalue weighted by molar-refractivity contribution is 4.88. The molecule has 1 atom stereocenters. The van der Waals surface area contributed by atoms with Gasteiger partial charge in [0, 0.05) is 17.6 Å². The fraction of sp³-hybridized carbons (Fsp3) is 1.00.